The van der Waals surface area contributed by atoms with Gasteiger partial charge in [-0.25, -0.2) is 0 Å². The lowest BCUT2D eigenvalue weighted by molar-refractivity contribution is 0.654. The highest BCUT2D eigenvalue weighted by Crippen LogP contribution is 2.24. The van der Waals surface area contributed by atoms with E-state index in [0.29, 0.717) is 0 Å². The molecule has 0 spiro atoms. The summed E-state index contributed by atoms with van der Waals surface area (Å²) in [4.78, 5) is 0. The van der Waals surface area contributed by atoms with Crippen LogP contribution >= 0.6 is 0 Å². The van der Waals surface area contributed by atoms with Crippen molar-refractivity contribution < 1.29 is 0 Å². The molecule has 0 fully saturated rings. The van der Waals surface area contributed by atoms with Gasteiger partial charge in [0.05, 0.1) is 0 Å². The second-order valence-electron chi connectivity index (χ2n) is 2.13. The third-order valence-electron chi connectivity index (χ3n) is 1.32. The number of hydrogen-bond donors (Lipinski definition) is 0. The van der Waals surface area contributed by atoms with Crippen molar-refractivity contribution in [3.8, 4) is 0 Å². The molecule has 38 valence electrons. The van der Waals surface area contributed by atoms with E-state index < -0.39 is 0 Å². The van der Waals surface area contributed by atoms with Crippen molar-refractivity contribution in [1.82, 2.24) is 0 Å². The molecule has 0 N–H and O–H groups in total. The van der Waals surface area contributed by atoms with E-state index in [1.165, 1.54) is 12.0 Å². The molecule has 0 aromatic heterocycles. The van der Waals surface area contributed by atoms with Gasteiger partial charge < -0.3 is 0 Å². The van der Waals surface area contributed by atoms with E-state index in [2.05, 4.69) is 19.6 Å². The number of allylic oxidation sites excluding steroid dienone is 3. The first-order valence-electron chi connectivity index (χ1n) is 2.66. The topological polar surface area (TPSA) is 0 Å². The molecule has 0 aromatic carbocycles. The summed E-state index contributed by atoms with van der Waals surface area (Å²) in [5, 5.41) is 0. The van der Waals surface area contributed by atoms with Crippen molar-refractivity contribution >= 4 is 0 Å². The summed E-state index contributed by atoms with van der Waals surface area (Å²) in [6, 6.07) is 0. The minimum Gasteiger partial charge on any atom is -0.0988 e. The Morgan fingerprint density at radius 2 is 2.57 bits per heavy atom. The summed E-state index contributed by atoms with van der Waals surface area (Å²) >= 11 is 0. The van der Waals surface area contributed by atoms with Gasteiger partial charge in [-0.15, -0.1) is 0 Å². The molecule has 0 amide bonds. The van der Waals surface area contributed by atoms with E-state index in [-0.39, 0.29) is 0 Å². The maximum Gasteiger partial charge on any atom is -0.0216 e. The van der Waals surface area contributed by atoms with Crippen LogP contribution in [0.15, 0.2) is 24.3 Å². The van der Waals surface area contributed by atoms with E-state index in [1.807, 2.05) is 6.08 Å². The summed E-state index contributed by atoms with van der Waals surface area (Å²) in [7, 11) is 0. The monoisotopic (exact) mass is 94.1 g/mol. The van der Waals surface area contributed by atoms with E-state index in [4.69, 9.17) is 0 Å². The average molecular weight is 94.2 g/mol. The molecular formula is C7H10. The maximum absolute atomic E-state index is 3.65. The first-order chi connectivity index (χ1) is 3.33. The van der Waals surface area contributed by atoms with Gasteiger partial charge in [0.1, 0.15) is 0 Å². The normalized spacial score (nSPS) is 28.1. The second-order valence-corrected chi connectivity index (χ2v) is 2.13. The quantitative estimate of drug-likeness (QED) is 0.467. The molecule has 1 aliphatic rings. The summed E-state index contributed by atoms with van der Waals surface area (Å²) in [6.45, 7) is 5.86. The molecule has 1 unspecified atom stereocenters. The first kappa shape index (κ1) is 4.63. The van der Waals surface area contributed by atoms with E-state index in [1.54, 1.807) is 0 Å². The van der Waals surface area contributed by atoms with Crippen molar-refractivity contribution in [3.05, 3.63) is 24.3 Å². The summed E-state index contributed by atoms with van der Waals surface area (Å²) in [5.41, 5.74) is 1.41. The Bertz CT molecular complexity index is 109. The van der Waals surface area contributed by atoms with Crippen molar-refractivity contribution in [2.45, 2.75) is 13.3 Å². The SMILES string of the molecule is C=CC1=CC(C)C1. The van der Waals surface area contributed by atoms with Crippen molar-refractivity contribution in [2.75, 3.05) is 0 Å². The van der Waals surface area contributed by atoms with Gasteiger partial charge in [-0.1, -0.05) is 31.2 Å². The largest absolute Gasteiger partial charge is 0.0988 e. The number of hydrogen-bond acceptors (Lipinski definition) is 0. The van der Waals surface area contributed by atoms with E-state index in [9.17, 15) is 0 Å². The van der Waals surface area contributed by atoms with E-state index in [0.717, 1.165) is 5.92 Å². The fourth-order valence-corrected chi connectivity index (χ4v) is 0.855. The van der Waals surface area contributed by atoms with E-state index >= 15 is 0 Å². The van der Waals surface area contributed by atoms with Crippen molar-refractivity contribution in [3.63, 3.8) is 0 Å². The highest BCUT2D eigenvalue weighted by Gasteiger charge is 2.09. The number of rotatable bonds is 1. The Hall–Kier alpha value is -0.520. The molecule has 0 heterocycles. The summed E-state index contributed by atoms with van der Waals surface area (Å²) in [5.74, 6) is 0.813. The van der Waals surface area contributed by atoms with Crippen LogP contribution in [-0.2, 0) is 0 Å². The van der Waals surface area contributed by atoms with Crippen LogP contribution in [0.4, 0.5) is 0 Å². The minimum atomic E-state index is 0.813. The maximum atomic E-state index is 3.65. The van der Waals surface area contributed by atoms with Gasteiger partial charge in [-0.2, -0.15) is 0 Å². The molecule has 1 aliphatic carbocycles. The van der Waals surface area contributed by atoms with Crippen LogP contribution in [0.2, 0.25) is 0 Å². The molecule has 7 heavy (non-hydrogen) atoms. The van der Waals surface area contributed by atoms with Crippen LogP contribution in [-0.4, -0.2) is 0 Å². The molecule has 0 aromatic rings. The lowest BCUT2D eigenvalue weighted by atomic mass is 9.88. The van der Waals surface area contributed by atoms with Crippen LogP contribution in [0.1, 0.15) is 13.3 Å². The molecule has 0 nitrogen and oxygen atoms in total. The Kier molecular flexibility index (Phi) is 1.01. The lowest BCUT2D eigenvalue weighted by Crippen LogP contribution is -2.02. The predicted molar refractivity (Wildman–Crippen MR) is 32.1 cm³/mol. The zero-order valence-electron chi connectivity index (χ0n) is 4.65. The van der Waals surface area contributed by atoms with Crippen molar-refractivity contribution in [2.24, 2.45) is 5.92 Å². The van der Waals surface area contributed by atoms with Crippen LogP contribution in [0, 0.1) is 5.92 Å². The van der Waals surface area contributed by atoms with Gasteiger partial charge in [-0.05, 0) is 12.3 Å². The van der Waals surface area contributed by atoms with Crippen LogP contribution in [0.3, 0.4) is 0 Å². The van der Waals surface area contributed by atoms with Crippen LogP contribution in [0.5, 0.6) is 0 Å². The second kappa shape index (κ2) is 1.53. The predicted octanol–water partition coefficient (Wildman–Crippen LogP) is 2.14. The van der Waals surface area contributed by atoms with Gasteiger partial charge in [0.2, 0.25) is 0 Å². The summed E-state index contributed by atoms with van der Waals surface area (Å²) < 4.78 is 0. The standard InChI is InChI=1S/C7H10/c1-3-7-4-6(2)5-7/h3-4,6H,1,5H2,2H3. The Morgan fingerprint density at radius 3 is 2.71 bits per heavy atom. The third-order valence-corrected chi connectivity index (χ3v) is 1.32. The Balaban J connectivity index is 2.49. The third kappa shape index (κ3) is 0.738. The Morgan fingerprint density at radius 1 is 2.00 bits per heavy atom. The highest BCUT2D eigenvalue weighted by molar-refractivity contribution is 5.25. The van der Waals surface area contributed by atoms with Crippen molar-refractivity contribution in [1.29, 1.82) is 0 Å². The minimum absolute atomic E-state index is 0.813. The zero-order valence-corrected chi connectivity index (χ0v) is 4.65. The molecule has 0 aliphatic heterocycles. The smallest absolute Gasteiger partial charge is 0.0216 e. The van der Waals surface area contributed by atoms with Crippen LogP contribution < -0.4 is 0 Å². The van der Waals surface area contributed by atoms with Gasteiger partial charge >= 0.3 is 0 Å². The van der Waals surface area contributed by atoms with Gasteiger partial charge in [0.15, 0.2) is 0 Å². The van der Waals surface area contributed by atoms with Gasteiger partial charge in [-0.3, -0.25) is 0 Å². The highest BCUT2D eigenvalue weighted by atomic mass is 14.1. The molecule has 1 atom stereocenters. The zero-order chi connectivity index (χ0) is 5.28. The fraction of sp³-hybridized carbons (Fsp3) is 0.429. The molecule has 0 heteroatoms. The van der Waals surface area contributed by atoms with Crippen LogP contribution in [0.25, 0.3) is 0 Å². The fourth-order valence-electron chi connectivity index (χ4n) is 0.855. The first-order valence-corrected chi connectivity index (χ1v) is 2.66. The Labute approximate surface area is 44.5 Å². The van der Waals surface area contributed by atoms with Gasteiger partial charge in [0.25, 0.3) is 0 Å². The molecule has 0 radical (unpaired) electrons. The molecule has 1 rings (SSSR count). The average Bonchev–Trinajstić information content (AvgIpc) is 1.58. The molecular weight excluding hydrogens is 84.1 g/mol. The summed E-state index contributed by atoms with van der Waals surface area (Å²) in [6.07, 6.45) is 5.41. The lowest BCUT2D eigenvalue weighted by Gasteiger charge is -2.17. The molecule has 0 saturated carbocycles. The van der Waals surface area contributed by atoms with Gasteiger partial charge in [0, 0.05) is 0 Å². The molecule has 0 bridgehead atoms. The molecule has 0 saturated heterocycles.